The van der Waals surface area contributed by atoms with Gasteiger partial charge in [-0.15, -0.1) is 0 Å². The van der Waals surface area contributed by atoms with Crippen LogP contribution >= 0.6 is 0 Å². The van der Waals surface area contributed by atoms with E-state index in [-0.39, 0.29) is 5.56 Å². The Labute approximate surface area is 168 Å². The average Bonchev–Trinajstić information content (AvgIpc) is 2.93. The molecular weight excluding hydrogens is 370 g/mol. The number of methoxy groups -OCH3 is 2. The summed E-state index contributed by atoms with van der Waals surface area (Å²) in [6, 6.07) is 12.5. The lowest BCUT2D eigenvalue weighted by atomic mass is 10.0. The molecule has 2 heterocycles. The van der Waals surface area contributed by atoms with Crippen LogP contribution in [0.15, 0.2) is 42.5 Å². The fraction of sp³-hybridized carbons (Fsp3) is 0.273. The number of benzene rings is 2. The third-order valence-electron chi connectivity index (χ3n) is 5.15. The second-order valence-electron chi connectivity index (χ2n) is 6.89. The largest absolute Gasteiger partial charge is 0.493 e. The fourth-order valence-corrected chi connectivity index (χ4v) is 3.65. The maximum atomic E-state index is 11.2. The summed E-state index contributed by atoms with van der Waals surface area (Å²) >= 11 is 0. The molecule has 0 unspecified atom stereocenters. The Kier molecular flexibility index (Phi) is 5.12. The maximum Gasteiger partial charge on any atom is 0.335 e. The van der Waals surface area contributed by atoms with Crippen molar-refractivity contribution < 1.29 is 19.4 Å². The molecule has 0 atom stereocenters. The maximum absolute atomic E-state index is 11.2. The Bertz CT molecular complexity index is 1040. The van der Waals surface area contributed by atoms with E-state index in [4.69, 9.17) is 19.7 Å². The van der Waals surface area contributed by atoms with Crippen LogP contribution in [0, 0.1) is 0 Å². The third-order valence-corrected chi connectivity index (χ3v) is 5.15. The molecule has 4 rings (SSSR count). The van der Waals surface area contributed by atoms with Gasteiger partial charge in [-0.05, 0) is 61.7 Å². The molecule has 2 N–H and O–H groups in total. The van der Waals surface area contributed by atoms with E-state index in [1.165, 1.54) is 0 Å². The molecule has 7 nitrogen and oxygen atoms in total. The van der Waals surface area contributed by atoms with E-state index in [0.717, 1.165) is 54.1 Å². The standard InChI is InChI=1S/C22H23N3O4/c1-28-18-11-8-15(13-19(18)29-2)20-17-5-3-4-12-23-21(17)25(24-20)16-9-6-14(7-10-16)22(26)27/h6-11,13,23H,3-5,12H2,1-2H3,(H,26,27). The summed E-state index contributed by atoms with van der Waals surface area (Å²) in [5, 5.41) is 17.6. The van der Waals surface area contributed by atoms with Crippen LogP contribution in [0.2, 0.25) is 0 Å². The van der Waals surface area contributed by atoms with E-state index in [1.807, 2.05) is 22.9 Å². The van der Waals surface area contributed by atoms with Crippen LogP contribution in [0.1, 0.15) is 28.8 Å². The zero-order chi connectivity index (χ0) is 20.4. The van der Waals surface area contributed by atoms with Gasteiger partial charge < -0.3 is 19.9 Å². The molecule has 7 heteroatoms. The van der Waals surface area contributed by atoms with Gasteiger partial charge in [0, 0.05) is 17.7 Å². The van der Waals surface area contributed by atoms with Gasteiger partial charge in [-0.2, -0.15) is 5.10 Å². The van der Waals surface area contributed by atoms with Crippen molar-refractivity contribution in [2.75, 3.05) is 26.1 Å². The highest BCUT2D eigenvalue weighted by molar-refractivity contribution is 5.87. The molecule has 150 valence electrons. The van der Waals surface area contributed by atoms with Crippen molar-refractivity contribution >= 4 is 11.8 Å². The number of hydrogen-bond donors (Lipinski definition) is 2. The first-order valence-electron chi connectivity index (χ1n) is 9.54. The van der Waals surface area contributed by atoms with Crippen molar-refractivity contribution in [2.45, 2.75) is 19.3 Å². The van der Waals surface area contributed by atoms with Crippen LogP contribution in [0.5, 0.6) is 11.5 Å². The number of rotatable bonds is 5. The summed E-state index contributed by atoms with van der Waals surface area (Å²) in [5.41, 5.74) is 4.05. The zero-order valence-electron chi connectivity index (χ0n) is 16.4. The van der Waals surface area contributed by atoms with Crippen molar-refractivity contribution in [3.63, 3.8) is 0 Å². The number of carboxylic acids is 1. The van der Waals surface area contributed by atoms with Crippen LogP contribution in [0.3, 0.4) is 0 Å². The number of aromatic nitrogens is 2. The molecule has 0 fully saturated rings. The predicted molar refractivity (Wildman–Crippen MR) is 110 cm³/mol. The van der Waals surface area contributed by atoms with Crippen molar-refractivity contribution in [1.29, 1.82) is 0 Å². The summed E-state index contributed by atoms with van der Waals surface area (Å²) in [6.45, 7) is 0.872. The molecule has 3 aromatic rings. The molecule has 0 amide bonds. The predicted octanol–water partition coefficient (Wildman–Crippen LogP) is 4.00. The lowest BCUT2D eigenvalue weighted by Gasteiger charge is -2.09. The Hall–Kier alpha value is -3.48. The zero-order valence-corrected chi connectivity index (χ0v) is 16.4. The molecular formula is C22H23N3O4. The van der Waals surface area contributed by atoms with Gasteiger partial charge in [0.2, 0.25) is 0 Å². The number of carbonyl (C=O) groups is 1. The summed E-state index contributed by atoms with van der Waals surface area (Å²) < 4.78 is 12.7. The molecule has 2 aromatic carbocycles. The Balaban J connectivity index is 1.84. The Morgan fingerprint density at radius 3 is 2.52 bits per heavy atom. The van der Waals surface area contributed by atoms with Crippen molar-refractivity contribution in [2.24, 2.45) is 0 Å². The van der Waals surface area contributed by atoms with Crippen molar-refractivity contribution in [1.82, 2.24) is 9.78 Å². The first-order valence-corrected chi connectivity index (χ1v) is 9.54. The van der Waals surface area contributed by atoms with Crippen molar-refractivity contribution in [3.05, 3.63) is 53.6 Å². The summed E-state index contributed by atoms with van der Waals surface area (Å²) in [7, 11) is 3.23. The average molecular weight is 393 g/mol. The highest BCUT2D eigenvalue weighted by atomic mass is 16.5. The van der Waals surface area contributed by atoms with Gasteiger partial charge in [0.1, 0.15) is 5.82 Å². The number of nitrogens with one attached hydrogen (secondary N) is 1. The van der Waals surface area contributed by atoms with E-state index < -0.39 is 5.97 Å². The highest BCUT2D eigenvalue weighted by Gasteiger charge is 2.22. The molecule has 1 aliphatic rings. The number of fused-ring (bicyclic) bond motifs is 1. The minimum Gasteiger partial charge on any atom is -0.493 e. The molecule has 0 bridgehead atoms. The number of ether oxygens (including phenoxy) is 2. The number of aromatic carboxylic acids is 1. The number of carboxylic acid groups (broad SMARTS) is 1. The van der Waals surface area contributed by atoms with Gasteiger partial charge in [0.25, 0.3) is 0 Å². The van der Waals surface area contributed by atoms with Gasteiger partial charge in [-0.25, -0.2) is 9.48 Å². The van der Waals surface area contributed by atoms with Crippen molar-refractivity contribution in [3.8, 4) is 28.4 Å². The van der Waals surface area contributed by atoms with E-state index in [0.29, 0.717) is 11.5 Å². The van der Waals surface area contributed by atoms with Crippen LogP contribution in [-0.2, 0) is 6.42 Å². The molecule has 1 aliphatic heterocycles. The molecule has 0 spiro atoms. The topological polar surface area (TPSA) is 85.6 Å². The fourth-order valence-electron chi connectivity index (χ4n) is 3.65. The van der Waals surface area contributed by atoms with Gasteiger partial charge in [-0.3, -0.25) is 0 Å². The quantitative estimate of drug-likeness (QED) is 0.681. The molecule has 29 heavy (non-hydrogen) atoms. The molecule has 1 aromatic heterocycles. The van der Waals surface area contributed by atoms with Crippen LogP contribution in [0.25, 0.3) is 16.9 Å². The molecule has 0 saturated carbocycles. The lowest BCUT2D eigenvalue weighted by molar-refractivity contribution is 0.0697. The number of hydrogen-bond acceptors (Lipinski definition) is 5. The summed E-state index contributed by atoms with van der Waals surface area (Å²) in [5.74, 6) is 1.33. The first kappa shape index (κ1) is 18.9. The molecule has 0 aliphatic carbocycles. The number of nitrogens with zero attached hydrogens (tertiary/aromatic N) is 2. The van der Waals surface area contributed by atoms with E-state index in [2.05, 4.69) is 5.32 Å². The van der Waals surface area contributed by atoms with Crippen LogP contribution in [0.4, 0.5) is 5.82 Å². The molecule has 0 radical (unpaired) electrons. The van der Waals surface area contributed by atoms with E-state index in [1.54, 1.807) is 38.5 Å². The van der Waals surface area contributed by atoms with Gasteiger partial charge in [0.15, 0.2) is 11.5 Å². The van der Waals surface area contributed by atoms with E-state index >= 15 is 0 Å². The first-order chi connectivity index (χ1) is 14.1. The monoisotopic (exact) mass is 393 g/mol. The number of anilines is 1. The SMILES string of the molecule is COc1ccc(-c2nn(-c3ccc(C(=O)O)cc3)c3c2CCCCN3)cc1OC. The smallest absolute Gasteiger partial charge is 0.335 e. The second kappa shape index (κ2) is 7.87. The lowest BCUT2D eigenvalue weighted by Crippen LogP contribution is -2.07. The highest BCUT2D eigenvalue weighted by Crippen LogP contribution is 2.37. The van der Waals surface area contributed by atoms with Gasteiger partial charge >= 0.3 is 5.97 Å². The summed E-state index contributed by atoms with van der Waals surface area (Å²) in [4.78, 5) is 11.2. The normalized spacial score (nSPS) is 13.2. The Morgan fingerprint density at radius 1 is 1.07 bits per heavy atom. The minimum absolute atomic E-state index is 0.250. The van der Waals surface area contributed by atoms with E-state index in [9.17, 15) is 4.79 Å². The third kappa shape index (κ3) is 3.51. The van der Waals surface area contributed by atoms with Gasteiger partial charge in [0.05, 0.1) is 31.2 Å². The van der Waals surface area contributed by atoms with Crippen LogP contribution < -0.4 is 14.8 Å². The minimum atomic E-state index is -0.944. The van der Waals surface area contributed by atoms with Crippen LogP contribution in [-0.4, -0.2) is 41.6 Å². The molecule has 0 saturated heterocycles. The second-order valence-corrected chi connectivity index (χ2v) is 6.89. The Morgan fingerprint density at radius 2 is 1.83 bits per heavy atom. The van der Waals surface area contributed by atoms with Gasteiger partial charge in [-0.1, -0.05) is 0 Å². The summed E-state index contributed by atoms with van der Waals surface area (Å²) in [6.07, 6.45) is 3.07.